The van der Waals surface area contributed by atoms with Crippen LogP contribution in [0.25, 0.3) is 10.8 Å². The highest BCUT2D eigenvalue weighted by Crippen LogP contribution is 2.15. The summed E-state index contributed by atoms with van der Waals surface area (Å²) in [5.74, 6) is 0.285. The summed E-state index contributed by atoms with van der Waals surface area (Å²) < 4.78 is 6.34. The number of amides is 1. The summed E-state index contributed by atoms with van der Waals surface area (Å²) in [6.45, 7) is 2.16. The van der Waals surface area contributed by atoms with Gasteiger partial charge in [0.1, 0.15) is 12.3 Å². The van der Waals surface area contributed by atoms with Crippen LogP contribution in [0.1, 0.15) is 6.92 Å². The number of hydrogen-bond acceptors (Lipinski definition) is 4. The van der Waals surface area contributed by atoms with Crippen molar-refractivity contribution in [2.45, 2.75) is 13.5 Å². The van der Waals surface area contributed by atoms with Gasteiger partial charge in [-0.05, 0) is 43.3 Å². The summed E-state index contributed by atoms with van der Waals surface area (Å²) in [4.78, 5) is 36.6. The third-order valence-electron chi connectivity index (χ3n) is 3.63. The number of aromatic nitrogens is 2. The van der Waals surface area contributed by atoms with Crippen LogP contribution < -0.4 is 21.2 Å². The molecule has 0 aliphatic rings. The molecule has 0 unspecified atom stereocenters. The van der Waals surface area contributed by atoms with Crippen molar-refractivity contribution in [3.63, 3.8) is 0 Å². The maximum atomic E-state index is 12.4. The average molecular weight is 339 g/mol. The number of carbonyl (C=O) groups excluding carboxylic acids is 1. The van der Waals surface area contributed by atoms with Crippen molar-refractivity contribution in [2.24, 2.45) is 0 Å². The summed E-state index contributed by atoms with van der Waals surface area (Å²) in [7, 11) is 0. The molecule has 3 rings (SSSR count). The first-order valence-corrected chi connectivity index (χ1v) is 7.83. The molecule has 0 atom stereocenters. The van der Waals surface area contributed by atoms with Crippen molar-refractivity contribution in [1.82, 2.24) is 9.78 Å². The summed E-state index contributed by atoms with van der Waals surface area (Å²) in [6.07, 6.45) is 0. The van der Waals surface area contributed by atoms with E-state index in [1.807, 2.05) is 6.92 Å². The topological polar surface area (TPSA) is 93.2 Å². The zero-order valence-electron chi connectivity index (χ0n) is 13.6. The van der Waals surface area contributed by atoms with Gasteiger partial charge in [-0.2, -0.15) is 0 Å². The van der Waals surface area contributed by atoms with Gasteiger partial charge in [0.2, 0.25) is 5.91 Å². The van der Waals surface area contributed by atoms with E-state index in [0.29, 0.717) is 23.4 Å². The summed E-state index contributed by atoms with van der Waals surface area (Å²) in [5.41, 5.74) is -0.259. The molecule has 7 nitrogen and oxygen atoms in total. The number of rotatable bonds is 5. The Morgan fingerprint density at radius 2 is 1.76 bits per heavy atom. The highest BCUT2D eigenvalue weighted by atomic mass is 16.5. The molecule has 0 aliphatic carbocycles. The summed E-state index contributed by atoms with van der Waals surface area (Å²) in [6, 6.07) is 13.4. The van der Waals surface area contributed by atoms with Gasteiger partial charge in [-0.15, -0.1) is 0 Å². The fourth-order valence-corrected chi connectivity index (χ4v) is 2.50. The van der Waals surface area contributed by atoms with E-state index in [1.165, 1.54) is 0 Å². The quantitative estimate of drug-likeness (QED) is 0.740. The number of carbonyl (C=O) groups is 1. The first kappa shape index (κ1) is 16.5. The SMILES string of the molecule is CCOc1ccc(NC(=O)Cn2[nH]c(=O)c3ccccc3c2=O)cc1. The van der Waals surface area contributed by atoms with Gasteiger partial charge in [-0.3, -0.25) is 19.5 Å². The third-order valence-corrected chi connectivity index (χ3v) is 3.63. The number of hydrogen-bond donors (Lipinski definition) is 2. The second-order valence-corrected chi connectivity index (χ2v) is 5.38. The first-order valence-electron chi connectivity index (χ1n) is 7.83. The van der Waals surface area contributed by atoms with E-state index in [4.69, 9.17) is 4.74 Å². The normalized spacial score (nSPS) is 10.6. The van der Waals surface area contributed by atoms with Crippen LogP contribution in [0, 0.1) is 0 Å². The van der Waals surface area contributed by atoms with Gasteiger partial charge in [0, 0.05) is 5.69 Å². The Kier molecular flexibility index (Phi) is 4.65. The Morgan fingerprint density at radius 1 is 1.08 bits per heavy atom. The van der Waals surface area contributed by atoms with Gasteiger partial charge in [-0.25, -0.2) is 4.68 Å². The highest BCUT2D eigenvalue weighted by molar-refractivity contribution is 5.90. The molecular weight excluding hydrogens is 322 g/mol. The Hall–Kier alpha value is -3.35. The fraction of sp³-hybridized carbons (Fsp3) is 0.167. The Morgan fingerprint density at radius 3 is 2.44 bits per heavy atom. The summed E-state index contributed by atoms with van der Waals surface area (Å²) >= 11 is 0. The number of fused-ring (bicyclic) bond motifs is 1. The highest BCUT2D eigenvalue weighted by Gasteiger charge is 2.10. The minimum Gasteiger partial charge on any atom is -0.494 e. The van der Waals surface area contributed by atoms with E-state index < -0.39 is 17.0 Å². The molecule has 2 N–H and O–H groups in total. The van der Waals surface area contributed by atoms with Crippen LogP contribution in [0.2, 0.25) is 0 Å². The predicted octanol–water partition coefficient (Wildman–Crippen LogP) is 1.73. The third kappa shape index (κ3) is 3.60. The molecule has 0 bridgehead atoms. The number of H-pyrrole nitrogens is 1. The lowest BCUT2D eigenvalue weighted by molar-refractivity contribution is -0.117. The van der Waals surface area contributed by atoms with Crippen LogP contribution in [0.15, 0.2) is 58.1 Å². The lowest BCUT2D eigenvalue weighted by Crippen LogP contribution is -2.34. The average Bonchev–Trinajstić information content (AvgIpc) is 2.61. The van der Waals surface area contributed by atoms with Gasteiger partial charge < -0.3 is 10.1 Å². The maximum absolute atomic E-state index is 12.4. The molecule has 0 saturated carbocycles. The standard InChI is InChI=1S/C18H17N3O4/c1-2-25-13-9-7-12(8-10-13)19-16(22)11-21-18(24)15-6-4-3-5-14(15)17(23)20-21/h3-10H,2,11H2,1H3,(H,19,22)(H,20,23). The van der Waals surface area contributed by atoms with E-state index in [0.717, 1.165) is 4.68 Å². The van der Waals surface area contributed by atoms with Crippen molar-refractivity contribution in [3.05, 3.63) is 69.2 Å². The van der Waals surface area contributed by atoms with Crippen LogP contribution in [-0.2, 0) is 11.3 Å². The molecule has 1 heterocycles. The molecule has 0 fully saturated rings. The zero-order valence-corrected chi connectivity index (χ0v) is 13.6. The largest absolute Gasteiger partial charge is 0.494 e. The minimum atomic E-state index is -0.419. The number of nitrogens with one attached hydrogen (secondary N) is 2. The molecule has 7 heteroatoms. The van der Waals surface area contributed by atoms with E-state index >= 15 is 0 Å². The van der Waals surface area contributed by atoms with Crippen LogP contribution in [0.4, 0.5) is 5.69 Å². The lowest BCUT2D eigenvalue weighted by atomic mass is 10.2. The Balaban J connectivity index is 1.79. The number of anilines is 1. The molecule has 1 aromatic heterocycles. The fourth-order valence-electron chi connectivity index (χ4n) is 2.50. The zero-order chi connectivity index (χ0) is 17.8. The number of nitrogens with zero attached hydrogens (tertiary/aromatic N) is 1. The maximum Gasteiger partial charge on any atom is 0.273 e. The van der Waals surface area contributed by atoms with Crippen molar-refractivity contribution >= 4 is 22.4 Å². The number of ether oxygens (including phenoxy) is 1. The van der Waals surface area contributed by atoms with Crippen LogP contribution in [-0.4, -0.2) is 22.3 Å². The molecule has 0 spiro atoms. The van der Waals surface area contributed by atoms with Crippen molar-refractivity contribution in [3.8, 4) is 5.75 Å². The van der Waals surface area contributed by atoms with E-state index in [1.54, 1.807) is 48.5 Å². The van der Waals surface area contributed by atoms with Crippen molar-refractivity contribution in [1.29, 1.82) is 0 Å². The molecule has 0 aliphatic heterocycles. The lowest BCUT2D eigenvalue weighted by Gasteiger charge is -2.09. The van der Waals surface area contributed by atoms with Gasteiger partial charge in [0.25, 0.3) is 11.1 Å². The Labute approximate surface area is 142 Å². The molecule has 0 saturated heterocycles. The molecule has 2 aromatic carbocycles. The second-order valence-electron chi connectivity index (χ2n) is 5.38. The second kappa shape index (κ2) is 7.04. The summed E-state index contributed by atoms with van der Waals surface area (Å²) in [5, 5.41) is 5.69. The molecule has 25 heavy (non-hydrogen) atoms. The Bertz CT molecular complexity index is 1020. The van der Waals surface area contributed by atoms with Gasteiger partial charge >= 0.3 is 0 Å². The molecule has 1 amide bonds. The van der Waals surface area contributed by atoms with Gasteiger partial charge in [0.15, 0.2) is 0 Å². The molecular formula is C18H17N3O4. The number of aromatic amines is 1. The molecule has 0 radical (unpaired) electrons. The van der Waals surface area contributed by atoms with E-state index in [9.17, 15) is 14.4 Å². The van der Waals surface area contributed by atoms with Crippen molar-refractivity contribution < 1.29 is 9.53 Å². The van der Waals surface area contributed by atoms with Crippen LogP contribution >= 0.6 is 0 Å². The monoisotopic (exact) mass is 339 g/mol. The minimum absolute atomic E-state index is 0.278. The van der Waals surface area contributed by atoms with Crippen molar-refractivity contribution in [2.75, 3.05) is 11.9 Å². The smallest absolute Gasteiger partial charge is 0.273 e. The first-order chi connectivity index (χ1) is 12.1. The van der Waals surface area contributed by atoms with E-state index in [-0.39, 0.29) is 11.9 Å². The van der Waals surface area contributed by atoms with Crippen LogP contribution in [0.5, 0.6) is 5.75 Å². The molecule has 128 valence electrons. The molecule has 3 aromatic rings. The van der Waals surface area contributed by atoms with Crippen LogP contribution in [0.3, 0.4) is 0 Å². The van der Waals surface area contributed by atoms with E-state index in [2.05, 4.69) is 10.4 Å². The van der Waals surface area contributed by atoms with Gasteiger partial charge in [0.05, 0.1) is 17.4 Å². The number of benzene rings is 2. The predicted molar refractivity (Wildman–Crippen MR) is 95.1 cm³/mol. The van der Waals surface area contributed by atoms with Gasteiger partial charge in [-0.1, -0.05) is 12.1 Å².